The SMILES string of the molecule is CC(C)C1C=C(CCC(=O)Oc2ccccc2)CN1C. The Morgan fingerprint density at radius 2 is 2.05 bits per heavy atom. The molecule has 0 spiro atoms. The van der Waals surface area contributed by atoms with Gasteiger partial charge in [0.1, 0.15) is 5.75 Å². The highest BCUT2D eigenvalue weighted by atomic mass is 16.5. The number of hydrogen-bond acceptors (Lipinski definition) is 3. The first kappa shape index (κ1) is 14.8. The molecule has 0 radical (unpaired) electrons. The highest BCUT2D eigenvalue weighted by Gasteiger charge is 2.24. The van der Waals surface area contributed by atoms with Crippen LogP contribution in [-0.4, -0.2) is 30.5 Å². The molecule has 0 fully saturated rings. The molecule has 3 heteroatoms. The van der Waals surface area contributed by atoms with Gasteiger partial charge in [-0.05, 0) is 31.5 Å². The second kappa shape index (κ2) is 6.71. The molecule has 108 valence electrons. The van der Waals surface area contributed by atoms with Crippen LogP contribution in [0.5, 0.6) is 5.75 Å². The fourth-order valence-electron chi connectivity index (χ4n) is 2.64. The van der Waals surface area contributed by atoms with Gasteiger partial charge in [-0.15, -0.1) is 0 Å². The predicted molar refractivity (Wildman–Crippen MR) is 80.7 cm³/mol. The molecule has 1 atom stereocenters. The van der Waals surface area contributed by atoms with Gasteiger partial charge >= 0.3 is 5.97 Å². The molecule has 1 unspecified atom stereocenters. The smallest absolute Gasteiger partial charge is 0.311 e. The lowest BCUT2D eigenvalue weighted by Crippen LogP contribution is -2.30. The van der Waals surface area contributed by atoms with E-state index < -0.39 is 0 Å². The van der Waals surface area contributed by atoms with Gasteiger partial charge in [-0.25, -0.2) is 0 Å². The molecule has 1 aromatic rings. The predicted octanol–water partition coefficient (Wildman–Crippen LogP) is 3.27. The number of para-hydroxylation sites is 1. The summed E-state index contributed by atoms with van der Waals surface area (Å²) >= 11 is 0. The minimum Gasteiger partial charge on any atom is -0.427 e. The Morgan fingerprint density at radius 1 is 1.35 bits per heavy atom. The number of benzene rings is 1. The number of ether oxygens (including phenoxy) is 1. The Balaban J connectivity index is 1.81. The summed E-state index contributed by atoms with van der Waals surface area (Å²) in [5.74, 6) is 1.07. The standard InChI is InChI=1S/C17H23NO2/c1-13(2)16-11-14(12-18(16)3)9-10-17(19)20-15-7-5-4-6-8-15/h4-8,11,13,16H,9-10,12H2,1-3H3. The Labute approximate surface area is 121 Å². The fourth-order valence-corrected chi connectivity index (χ4v) is 2.64. The molecule has 0 amide bonds. The van der Waals surface area contributed by atoms with Crippen molar-refractivity contribution in [3.05, 3.63) is 42.0 Å². The third kappa shape index (κ3) is 3.94. The molecule has 0 saturated carbocycles. The summed E-state index contributed by atoms with van der Waals surface area (Å²) in [6.45, 7) is 5.41. The lowest BCUT2D eigenvalue weighted by molar-refractivity contribution is -0.134. The number of esters is 1. The molecule has 1 heterocycles. The van der Waals surface area contributed by atoms with E-state index >= 15 is 0 Å². The van der Waals surface area contributed by atoms with Crippen LogP contribution in [0.3, 0.4) is 0 Å². The van der Waals surface area contributed by atoms with Crippen molar-refractivity contribution in [3.63, 3.8) is 0 Å². The second-order valence-electron chi connectivity index (χ2n) is 5.76. The molecule has 0 aliphatic carbocycles. The van der Waals surface area contributed by atoms with Crippen molar-refractivity contribution in [2.45, 2.75) is 32.7 Å². The molecule has 0 bridgehead atoms. The van der Waals surface area contributed by atoms with E-state index in [0.717, 1.165) is 13.0 Å². The van der Waals surface area contributed by atoms with Crippen LogP contribution in [0.2, 0.25) is 0 Å². The average Bonchev–Trinajstić information content (AvgIpc) is 2.79. The lowest BCUT2D eigenvalue weighted by atomic mass is 10.0. The third-order valence-corrected chi connectivity index (χ3v) is 3.68. The Kier molecular flexibility index (Phi) is 4.96. The van der Waals surface area contributed by atoms with Crippen LogP contribution in [-0.2, 0) is 4.79 Å². The van der Waals surface area contributed by atoms with Crippen LogP contribution in [0.4, 0.5) is 0 Å². The van der Waals surface area contributed by atoms with Crippen molar-refractivity contribution in [2.75, 3.05) is 13.6 Å². The molecular weight excluding hydrogens is 250 g/mol. The maximum absolute atomic E-state index is 11.8. The lowest BCUT2D eigenvalue weighted by Gasteiger charge is -2.22. The van der Waals surface area contributed by atoms with Gasteiger partial charge in [0.25, 0.3) is 0 Å². The summed E-state index contributed by atoms with van der Waals surface area (Å²) in [6, 6.07) is 9.73. The number of likely N-dealkylation sites (N-methyl/N-ethyl adjacent to an activating group) is 1. The van der Waals surface area contributed by atoms with Crippen LogP contribution < -0.4 is 4.74 Å². The average molecular weight is 273 g/mol. The molecule has 1 aromatic carbocycles. The summed E-state index contributed by atoms with van der Waals surface area (Å²) in [4.78, 5) is 14.1. The largest absolute Gasteiger partial charge is 0.427 e. The first-order chi connectivity index (χ1) is 9.56. The summed E-state index contributed by atoms with van der Waals surface area (Å²) in [7, 11) is 2.14. The van der Waals surface area contributed by atoms with Crippen LogP contribution in [0.1, 0.15) is 26.7 Å². The second-order valence-corrected chi connectivity index (χ2v) is 5.76. The highest BCUT2D eigenvalue weighted by molar-refractivity contribution is 5.72. The minimum absolute atomic E-state index is 0.159. The van der Waals surface area contributed by atoms with Gasteiger partial charge in [-0.2, -0.15) is 0 Å². The maximum atomic E-state index is 11.8. The van der Waals surface area contributed by atoms with Crippen LogP contribution in [0.15, 0.2) is 42.0 Å². The van der Waals surface area contributed by atoms with Crippen molar-refractivity contribution < 1.29 is 9.53 Å². The van der Waals surface area contributed by atoms with E-state index in [1.54, 1.807) is 12.1 Å². The number of carbonyl (C=O) groups is 1. The molecule has 0 aromatic heterocycles. The van der Waals surface area contributed by atoms with Crippen LogP contribution in [0, 0.1) is 5.92 Å². The summed E-state index contributed by atoms with van der Waals surface area (Å²) in [5.41, 5.74) is 1.34. The van der Waals surface area contributed by atoms with Gasteiger partial charge in [0.2, 0.25) is 0 Å². The minimum atomic E-state index is -0.159. The molecule has 1 aliphatic rings. The quantitative estimate of drug-likeness (QED) is 0.468. The molecule has 2 rings (SSSR count). The number of carbonyl (C=O) groups excluding carboxylic acids is 1. The van der Waals surface area contributed by atoms with E-state index in [9.17, 15) is 4.79 Å². The van der Waals surface area contributed by atoms with Crippen molar-refractivity contribution >= 4 is 5.97 Å². The summed E-state index contributed by atoms with van der Waals surface area (Å²) < 4.78 is 5.30. The molecule has 3 nitrogen and oxygen atoms in total. The van der Waals surface area contributed by atoms with Gasteiger partial charge in [0, 0.05) is 19.0 Å². The van der Waals surface area contributed by atoms with Crippen molar-refractivity contribution in [1.82, 2.24) is 4.90 Å². The Hall–Kier alpha value is -1.61. The topological polar surface area (TPSA) is 29.5 Å². The van der Waals surface area contributed by atoms with Gasteiger partial charge in [0.05, 0.1) is 0 Å². The van der Waals surface area contributed by atoms with E-state index in [2.05, 4.69) is 31.9 Å². The molecular formula is C17H23NO2. The molecule has 0 saturated heterocycles. The highest BCUT2D eigenvalue weighted by Crippen LogP contribution is 2.23. The number of nitrogens with zero attached hydrogens (tertiary/aromatic N) is 1. The summed E-state index contributed by atoms with van der Waals surface area (Å²) in [6.07, 6.45) is 3.54. The van der Waals surface area contributed by atoms with E-state index in [4.69, 9.17) is 4.74 Å². The van der Waals surface area contributed by atoms with Crippen molar-refractivity contribution in [2.24, 2.45) is 5.92 Å². The zero-order chi connectivity index (χ0) is 14.5. The number of rotatable bonds is 5. The van der Waals surface area contributed by atoms with Gasteiger partial charge in [0.15, 0.2) is 0 Å². The molecule has 1 aliphatic heterocycles. The van der Waals surface area contributed by atoms with E-state index in [0.29, 0.717) is 24.1 Å². The number of hydrogen-bond donors (Lipinski definition) is 0. The van der Waals surface area contributed by atoms with Crippen molar-refractivity contribution in [3.8, 4) is 5.75 Å². The Morgan fingerprint density at radius 3 is 2.65 bits per heavy atom. The third-order valence-electron chi connectivity index (χ3n) is 3.68. The van der Waals surface area contributed by atoms with Gasteiger partial charge in [-0.1, -0.05) is 43.7 Å². The van der Waals surface area contributed by atoms with E-state index in [1.807, 2.05) is 18.2 Å². The monoisotopic (exact) mass is 273 g/mol. The van der Waals surface area contributed by atoms with Gasteiger partial charge in [-0.3, -0.25) is 9.69 Å². The molecule has 0 N–H and O–H groups in total. The van der Waals surface area contributed by atoms with Crippen LogP contribution >= 0.6 is 0 Å². The normalized spacial score (nSPS) is 19.2. The van der Waals surface area contributed by atoms with Crippen molar-refractivity contribution in [1.29, 1.82) is 0 Å². The van der Waals surface area contributed by atoms with Crippen LogP contribution in [0.25, 0.3) is 0 Å². The fraction of sp³-hybridized carbons (Fsp3) is 0.471. The first-order valence-electron chi connectivity index (χ1n) is 7.22. The van der Waals surface area contributed by atoms with Gasteiger partial charge < -0.3 is 4.74 Å². The molecule has 20 heavy (non-hydrogen) atoms. The van der Waals surface area contributed by atoms with E-state index in [-0.39, 0.29) is 5.97 Å². The van der Waals surface area contributed by atoms with E-state index in [1.165, 1.54) is 5.57 Å². The Bertz CT molecular complexity index is 479. The maximum Gasteiger partial charge on any atom is 0.311 e. The zero-order valence-corrected chi connectivity index (χ0v) is 12.5. The first-order valence-corrected chi connectivity index (χ1v) is 7.22. The summed E-state index contributed by atoms with van der Waals surface area (Å²) in [5, 5.41) is 0. The zero-order valence-electron chi connectivity index (χ0n) is 12.5.